The van der Waals surface area contributed by atoms with E-state index in [0.717, 1.165) is 11.1 Å². The fraction of sp³-hybridized carbons (Fsp3) is 0.567. The molecule has 2 aliphatic rings. The van der Waals surface area contributed by atoms with Crippen molar-refractivity contribution in [3.63, 3.8) is 0 Å². The Morgan fingerprint density at radius 1 is 0.975 bits per heavy atom. The maximum Gasteiger partial charge on any atom is 0.416 e. The Morgan fingerprint density at radius 3 is 2.10 bits per heavy atom. The van der Waals surface area contributed by atoms with Crippen molar-refractivity contribution in [3.05, 3.63) is 70.3 Å². The van der Waals surface area contributed by atoms with Crippen LogP contribution in [-0.2, 0) is 21.9 Å². The number of carbonyl (C=O) groups is 1. The minimum Gasteiger partial charge on any atom is -0.393 e. The third-order valence-corrected chi connectivity index (χ3v) is 8.14. The van der Waals surface area contributed by atoms with Crippen LogP contribution in [-0.4, -0.2) is 41.7 Å². The molecule has 4 rings (SSSR count). The van der Waals surface area contributed by atoms with E-state index in [-0.39, 0.29) is 35.3 Å². The van der Waals surface area contributed by atoms with Gasteiger partial charge in [-0.15, -0.1) is 0 Å². The Labute approximate surface area is 230 Å². The van der Waals surface area contributed by atoms with Crippen molar-refractivity contribution in [2.45, 2.75) is 71.0 Å². The largest absolute Gasteiger partial charge is 0.416 e. The maximum absolute atomic E-state index is 13.5. The standard InChI is InChI=1S/C30H35F6NO3/c1-17-7-5-6-8-22(17)26-23-15-37(27(39)28(2,3)4)14-18(23)9-10-24(26)40-25(16-38)19-11-20(29(31,32)33)13-21(12-19)30(34,35)36/h5-8,11-13,18,23-26,38H,9-10,14-16H2,1-4H3/t18?,23-,24+,25-,26+/m1/s1. The number of carbonyl (C=O) groups excluding carboxylic acids is 1. The number of rotatable bonds is 5. The summed E-state index contributed by atoms with van der Waals surface area (Å²) in [6.45, 7) is 7.79. The number of amides is 1. The molecule has 220 valence electrons. The molecule has 5 atom stereocenters. The number of nitrogens with zero attached hydrogens (tertiary/aromatic N) is 1. The van der Waals surface area contributed by atoms with Gasteiger partial charge in [0.25, 0.3) is 0 Å². The van der Waals surface area contributed by atoms with E-state index >= 15 is 0 Å². The molecule has 0 aromatic heterocycles. The average molecular weight is 572 g/mol. The van der Waals surface area contributed by atoms with Gasteiger partial charge in [-0.05, 0) is 66.5 Å². The highest BCUT2D eigenvalue weighted by Crippen LogP contribution is 2.49. The van der Waals surface area contributed by atoms with E-state index in [4.69, 9.17) is 4.74 Å². The molecule has 1 N–H and O–H groups in total. The number of halogens is 6. The number of benzene rings is 2. The Balaban J connectivity index is 1.71. The van der Waals surface area contributed by atoms with Crippen molar-refractivity contribution in [1.29, 1.82) is 0 Å². The van der Waals surface area contributed by atoms with Crippen LogP contribution in [0.4, 0.5) is 26.3 Å². The van der Waals surface area contributed by atoms with E-state index in [1.54, 1.807) is 0 Å². The summed E-state index contributed by atoms with van der Waals surface area (Å²) in [5.74, 6) is -0.0779. The van der Waals surface area contributed by atoms with Crippen LogP contribution < -0.4 is 0 Å². The molecular formula is C30H35F6NO3. The minimum atomic E-state index is -5.01. The van der Waals surface area contributed by atoms with Crippen LogP contribution in [0.2, 0.25) is 0 Å². The number of aliphatic hydroxyl groups is 1. The number of alkyl halides is 6. The van der Waals surface area contributed by atoms with Gasteiger partial charge in [0, 0.05) is 24.4 Å². The molecule has 2 aromatic carbocycles. The average Bonchev–Trinajstić information content (AvgIpc) is 3.29. The molecule has 1 unspecified atom stereocenters. The molecule has 2 fully saturated rings. The topological polar surface area (TPSA) is 49.8 Å². The van der Waals surface area contributed by atoms with E-state index in [2.05, 4.69) is 0 Å². The van der Waals surface area contributed by atoms with Gasteiger partial charge in [0.1, 0.15) is 6.10 Å². The van der Waals surface area contributed by atoms with Crippen LogP contribution in [0.15, 0.2) is 42.5 Å². The van der Waals surface area contributed by atoms with Gasteiger partial charge in [0.15, 0.2) is 0 Å². The zero-order valence-electron chi connectivity index (χ0n) is 22.9. The lowest BCUT2D eigenvalue weighted by atomic mass is 9.68. The highest BCUT2D eigenvalue weighted by atomic mass is 19.4. The van der Waals surface area contributed by atoms with Crippen LogP contribution >= 0.6 is 0 Å². The summed E-state index contributed by atoms with van der Waals surface area (Å²) < 4.78 is 87.4. The second-order valence-corrected chi connectivity index (χ2v) is 12.0. The minimum absolute atomic E-state index is 0.0160. The molecule has 2 aromatic rings. The number of hydrogen-bond acceptors (Lipinski definition) is 3. The number of likely N-dealkylation sites (tertiary alicyclic amines) is 1. The maximum atomic E-state index is 13.5. The number of aryl methyl sites for hydroxylation is 1. The van der Waals surface area contributed by atoms with E-state index in [1.165, 1.54) is 0 Å². The van der Waals surface area contributed by atoms with Crippen LogP contribution in [0.1, 0.15) is 73.5 Å². The van der Waals surface area contributed by atoms with Gasteiger partial charge in [-0.3, -0.25) is 4.79 Å². The zero-order chi connectivity index (χ0) is 29.6. The number of ether oxygens (including phenoxy) is 1. The van der Waals surface area contributed by atoms with Gasteiger partial charge in [-0.25, -0.2) is 0 Å². The second-order valence-electron chi connectivity index (χ2n) is 12.0. The molecule has 1 aliphatic heterocycles. The van der Waals surface area contributed by atoms with Crippen molar-refractivity contribution >= 4 is 5.91 Å². The van der Waals surface area contributed by atoms with Gasteiger partial charge in [-0.1, -0.05) is 45.0 Å². The quantitative estimate of drug-likeness (QED) is 0.388. The first kappa shape index (κ1) is 30.4. The number of fused-ring (bicyclic) bond motifs is 1. The Hall–Kier alpha value is -2.59. The molecule has 1 saturated heterocycles. The van der Waals surface area contributed by atoms with Gasteiger partial charge in [0.2, 0.25) is 5.91 Å². The van der Waals surface area contributed by atoms with E-state index in [9.17, 15) is 36.2 Å². The Bertz CT molecular complexity index is 1190. The fourth-order valence-corrected chi connectivity index (χ4v) is 6.23. The van der Waals surface area contributed by atoms with Crippen LogP contribution in [0, 0.1) is 24.2 Å². The van der Waals surface area contributed by atoms with E-state index in [0.29, 0.717) is 38.1 Å². The van der Waals surface area contributed by atoms with Crippen molar-refractivity contribution in [2.75, 3.05) is 19.7 Å². The van der Waals surface area contributed by atoms with Crippen molar-refractivity contribution in [1.82, 2.24) is 4.90 Å². The van der Waals surface area contributed by atoms with E-state index < -0.39 is 47.7 Å². The van der Waals surface area contributed by atoms with Gasteiger partial charge in [0.05, 0.1) is 23.8 Å². The summed E-state index contributed by atoms with van der Waals surface area (Å²) in [5, 5.41) is 10.2. The lowest BCUT2D eigenvalue weighted by molar-refractivity contribution is -0.143. The molecule has 1 aliphatic carbocycles. The Morgan fingerprint density at radius 2 is 1.57 bits per heavy atom. The third kappa shape index (κ3) is 6.33. The first-order valence-electron chi connectivity index (χ1n) is 13.4. The van der Waals surface area contributed by atoms with Crippen LogP contribution in [0.5, 0.6) is 0 Å². The molecule has 0 bridgehead atoms. The SMILES string of the molecule is Cc1ccccc1[C@@H]1[C@@H](O[C@H](CO)c2cc(C(F)(F)F)cc(C(F)(F)F)c2)CCC2CN(C(=O)C(C)(C)C)C[C@H]21. The van der Waals surface area contributed by atoms with Crippen molar-refractivity contribution in [2.24, 2.45) is 17.3 Å². The predicted molar refractivity (Wildman–Crippen MR) is 137 cm³/mol. The first-order valence-corrected chi connectivity index (χ1v) is 13.4. The van der Waals surface area contributed by atoms with Crippen LogP contribution in [0.25, 0.3) is 0 Å². The summed E-state index contributed by atoms with van der Waals surface area (Å²) in [4.78, 5) is 15.0. The second kappa shape index (κ2) is 11.0. The molecule has 4 nitrogen and oxygen atoms in total. The summed E-state index contributed by atoms with van der Waals surface area (Å²) in [6.07, 6.45) is -10.8. The molecule has 40 heavy (non-hydrogen) atoms. The monoisotopic (exact) mass is 571 g/mol. The zero-order valence-corrected chi connectivity index (χ0v) is 22.9. The number of hydrogen-bond donors (Lipinski definition) is 1. The lowest BCUT2D eigenvalue weighted by Gasteiger charge is -2.41. The molecule has 1 saturated carbocycles. The van der Waals surface area contributed by atoms with Crippen LogP contribution in [0.3, 0.4) is 0 Å². The first-order chi connectivity index (χ1) is 18.5. The predicted octanol–water partition coefficient (Wildman–Crippen LogP) is 7.15. The van der Waals surface area contributed by atoms with Crippen molar-refractivity contribution in [3.8, 4) is 0 Å². The summed E-state index contributed by atoms with van der Waals surface area (Å²) >= 11 is 0. The highest BCUT2D eigenvalue weighted by Gasteiger charge is 2.49. The summed E-state index contributed by atoms with van der Waals surface area (Å²) in [5.41, 5.74) is -1.92. The molecule has 1 heterocycles. The van der Waals surface area contributed by atoms with Crippen molar-refractivity contribution < 1.29 is 41.0 Å². The number of aliphatic hydroxyl groups excluding tert-OH is 1. The normalized spacial score (nSPS) is 24.6. The smallest absolute Gasteiger partial charge is 0.393 e. The highest BCUT2D eigenvalue weighted by molar-refractivity contribution is 5.81. The summed E-state index contributed by atoms with van der Waals surface area (Å²) in [7, 11) is 0. The van der Waals surface area contributed by atoms with Gasteiger partial charge >= 0.3 is 12.4 Å². The fourth-order valence-electron chi connectivity index (χ4n) is 6.23. The lowest BCUT2D eigenvalue weighted by Crippen LogP contribution is -2.40. The van der Waals surface area contributed by atoms with Gasteiger partial charge in [-0.2, -0.15) is 26.3 Å². The third-order valence-electron chi connectivity index (χ3n) is 8.14. The molecule has 10 heteroatoms. The molecule has 0 radical (unpaired) electrons. The molecule has 1 amide bonds. The summed E-state index contributed by atoms with van der Waals surface area (Å²) in [6, 6.07) is 8.95. The molecular weight excluding hydrogens is 536 g/mol. The Kier molecular flexibility index (Phi) is 8.36. The van der Waals surface area contributed by atoms with E-state index in [1.807, 2.05) is 56.9 Å². The molecule has 0 spiro atoms. The van der Waals surface area contributed by atoms with Gasteiger partial charge < -0.3 is 14.7 Å².